The predicted molar refractivity (Wildman–Crippen MR) is 90.9 cm³/mol. The summed E-state index contributed by atoms with van der Waals surface area (Å²) >= 11 is 13.8. The van der Waals surface area contributed by atoms with Gasteiger partial charge in [-0.2, -0.15) is 0 Å². The van der Waals surface area contributed by atoms with Gasteiger partial charge >= 0.3 is 0 Å². The molecule has 0 aliphatic heterocycles. The largest absolute Gasteiger partial charge is 0.288 e. The van der Waals surface area contributed by atoms with E-state index in [9.17, 15) is 4.79 Å². The van der Waals surface area contributed by atoms with Crippen molar-refractivity contribution in [3.63, 3.8) is 0 Å². The average molecular weight is 332 g/mol. The Morgan fingerprint density at radius 2 is 1.81 bits per heavy atom. The van der Waals surface area contributed by atoms with Crippen LogP contribution in [-0.2, 0) is 0 Å². The summed E-state index contributed by atoms with van der Waals surface area (Å²) < 4.78 is 1.58. The molecule has 0 aliphatic carbocycles. The van der Waals surface area contributed by atoms with Gasteiger partial charge in [0.25, 0.3) is 0 Å². The summed E-state index contributed by atoms with van der Waals surface area (Å²) in [7, 11) is 0. The lowest BCUT2D eigenvalue weighted by Crippen LogP contribution is -2.02. The van der Waals surface area contributed by atoms with Crippen LogP contribution >= 0.6 is 34.5 Å². The maximum atomic E-state index is 12.9. The fraction of sp³-hybridized carbons (Fsp3) is 0. The number of fused-ring (bicyclic) bond motifs is 4. The molecule has 0 bridgehead atoms. The minimum Gasteiger partial charge on any atom is -0.288 e. The molecular formula is C16H7Cl2NOS. The first-order chi connectivity index (χ1) is 10.1. The molecule has 0 aliphatic rings. The molecule has 0 N–H and O–H groups in total. The van der Waals surface area contributed by atoms with Crippen LogP contribution in [0.1, 0.15) is 0 Å². The van der Waals surface area contributed by atoms with Crippen LogP contribution in [0.25, 0.3) is 31.1 Å². The van der Waals surface area contributed by atoms with Crippen LogP contribution in [0.5, 0.6) is 0 Å². The molecule has 2 aromatic carbocycles. The highest BCUT2D eigenvalue weighted by molar-refractivity contribution is 7.25. The molecule has 2 aromatic heterocycles. The second kappa shape index (κ2) is 4.67. The summed E-state index contributed by atoms with van der Waals surface area (Å²) in [6.07, 6.45) is 0. The van der Waals surface area contributed by atoms with E-state index in [1.54, 1.807) is 12.1 Å². The lowest BCUT2D eigenvalue weighted by atomic mass is 10.1. The lowest BCUT2D eigenvalue weighted by molar-refractivity contribution is 1.45. The normalized spacial score (nSPS) is 11.5. The maximum Gasteiger partial charge on any atom is 0.196 e. The van der Waals surface area contributed by atoms with Gasteiger partial charge in [0.2, 0.25) is 0 Å². The zero-order valence-electron chi connectivity index (χ0n) is 10.6. The molecule has 0 saturated carbocycles. The summed E-state index contributed by atoms with van der Waals surface area (Å²) in [4.78, 5) is 17.2. The minimum atomic E-state index is -0.0539. The fourth-order valence-electron chi connectivity index (χ4n) is 2.50. The number of halogens is 2. The van der Waals surface area contributed by atoms with E-state index in [2.05, 4.69) is 4.98 Å². The zero-order valence-corrected chi connectivity index (χ0v) is 12.9. The second-order valence-corrected chi connectivity index (χ2v) is 6.54. The lowest BCUT2D eigenvalue weighted by Gasteiger charge is -2.06. The third-order valence-corrected chi connectivity index (χ3v) is 5.23. The van der Waals surface area contributed by atoms with Crippen LogP contribution in [-0.4, -0.2) is 4.98 Å². The monoisotopic (exact) mass is 331 g/mol. The van der Waals surface area contributed by atoms with Crippen LogP contribution in [0.3, 0.4) is 0 Å². The molecule has 102 valence electrons. The van der Waals surface area contributed by atoms with Crippen molar-refractivity contribution in [3.8, 4) is 0 Å². The van der Waals surface area contributed by atoms with Gasteiger partial charge in [0.15, 0.2) is 5.43 Å². The highest BCUT2D eigenvalue weighted by Gasteiger charge is 2.13. The Morgan fingerprint density at radius 3 is 2.67 bits per heavy atom. The summed E-state index contributed by atoms with van der Waals surface area (Å²) in [6, 6.07) is 12.8. The van der Waals surface area contributed by atoms with Crippen molar-refractivity contribution >= 4 is 65.6 Å². The SMILES string of the molecule is O=c1c2cc(Cl)ccc2sc2c(Cl)nc3ccccc3c12. The maximum absolute atomic E-state index is 12.9. The van der Waals surface area contributed by atoms with E-state index in [1.807, 2.05) is 30.3 Å². The second-order valence-electron chi connectivity index (χ2n) is 4.70. The van der Waals surface area contributed by atoms with E-state index in [0.29, 0.717) is 20.9 Å². The summed E-state index contributed by atoms with van der Waals surface area (Å²) in [5.41, 5.74) is 0.669. The number of aromatic nitrogens is 1. The van der Waals surface area contributed by atoms with Gasteiger partial charge in [-0.25, -0.2) is 4.98 Å². The molecule has 0 saturated heterocycles. The first-order valence-electron chi connectivity index (χ1n) is 6.25. The Hall–Kier alpha value is -1.68. The number of para-hydroxylation sites is 1. The van der Waals surface area contributed by atoms with E-state index in [0.717, 1.165) is 20.3 Å². The van der Waals surface area contributed by atoms with Crippen LogP contribution in [0, 0.1) is 0 Å². The number of hydrogen-bond acceptors (Lipinski definition) is 3. The van der Waals surface area contributed by atoms with Gasteiger partial charge in [0, 0.05) is 20.5 Å². The van der Waals surface area contributed by atoms with E-state index >= 15 is 0 Å². The zero-order chi connectivity index (χ0) is 14.6. The molecule has 0 radical (unpaired) electrons. The molecule has 2 nitrogen and oxygen atoms in total. The van der Waals surface area contributed by atoms with Crippen LogP contribution in [0.2, 0.25) is 10.2 Å². The molecule has 0 unspecified atom stereocenters. The van der Waals surface area contributed by atoms with E-state index < -0.39 is 0 Å². The van der Waals surface area contributed by atoms with Gasteiger partial charge in [-0.3, -0.25) is 4.79 Å². The van der Waals surface area contributed by atoms with Gasteiger partial charge in [-0.1, -0.05) is 41.4 Å². The number of pyridine rings is 1. The number of rotatable bonds is 0. The highest BCUT2D eigenvalue weighted by Crippen LogP contribution is 2.34. The first-order valence-corrected chi connectivity index (χ1v) is 7.83. The van der Waals surface area contributed by atoms with Crippen LogP contribution in [0.4, 0.5) is 0 Å². The van der Waals surface area contributed by atoms with Crippen LogP contribution < -0.4 is 5.43 Å². The van der Waals surface area contributed by atoms with Crippen molar-refractivity contribution in [2.24, 2.45) is 0 Å². The molecule has 0 atom stereocenters. The number of benzene rings is 2. The van der Waals surface area contributed by atoms with Crippen molar-refractivity contribution < 1.29 is 0 Å². The Kier molecular flexibility index (Phi) is 2.89. The summed E-state index contributed by atoms with van der Waals surface area (Å²) in [5.74, 6) is 0. The first kappa shape index (κ1) is 13.0. The number of nitrogens with zero attached hydrogens (tertiary/aromatic N) is 1. The van der Waals surface area contributed by atoms with E-state index in [4.69, 9.17) is 23.2 Å². The van der Waals surface area contributed by atoms with Gasteiger partial charge in [-0.15, -0.1) is 11.3 Å². The molecule has 21 heavy (non-hydrogen) atoms. The molecule has 5 heteroatoms. The molecule has 4 rings (SSSR count). The van der Waals surface area contributed by atoms with E-state index in [-0.39, 0.29) is 5.43 Å². The van der Waals surface area contributed by atoms with Crippen molar-refractivity contribution in [3.05, 3.63) is 62.9 Å². The fourth-order valence-corrected chi connectivity index (χ4v) is 4.02. The third kappa shape index (κ3) is 1.93. The summed E-state index contributed by atoms with van der Waals surface area (Å²) in [5, 5.41) is 2.97. The van der Waals surface area contributed by atoms with Crippen molar-refractivity contribution in [1.82, 2.24) is 4.98 Å². The van der Waals surface area contributed by atoms with Gasteiger partial charge < -0.3 is 0 Å². The predicted octanol–water partition coefficient (Wildman–Crippen LogP) is 5.27. The van der Waals surface area contributed by atoms with Gasteiger partial charge in [0.1, 0.15) is 5.15 Å². The van der Waals surface area contributed by atoms with Crippen molar-refractivity contribution in [2.75, 3.05) is 0 Å². The Balaban J connectivity index is 2.37. The molecule has 0 amide bonds. The minimum absolute atomic E-state index is 0.0539. The molecule has 2 heterocycles. The highest BCUT2D eigenvalue weighted by atomic mass is 35.5. The van der Waals surface area contributed by atoms with Gasteiger partial charge in [-0.05, 0) is 24.3 Å². The third-order valence-electron chi connectivity index (χ3n) is 3.43. The molecule has 0 spiro atoms. The number of hydrogen-bond donors (Lipinski definition) is 0. The van der Waals surface area contributed by atoms with E-state index in [1.165, 1.54) is 11.3 Å². The smallest absolute Gasteiger partial charge is 0.196 e. The average Bonchev–Trinajstić information content (AvgIpc) is 2.48. The van der Waals surface area contributed by atoms with Crippen molar-refractivity contribution in [2.45, 2.75) is 0 Å². The topological polar surface area (TPSA) is 30.0 Å². The molecular weight excluding hydrogens is 325 g/mol. The standard InChI is InChI=1S/C16H7Cl2NOS/c17-8-5-6-12-10(7-8)14(20)13-9-3-1-2-4-11(9)19-16(18)15(13)21-12/h1-7H. The Labute approximate surface area is 133 Å². The van der Waals surface area contributed by atoms with Gasteiger partial charge in [0.05, 0.1) is 15.6 Å². The van der Waals surface area contributed by atoms with Crippen molar-refractivity contribution in [1.29, 1.82) is 0 Å². The Bertz CT molecular complexity index is 1090. The quantitative estimate of drug-likeness (QED) is 0.249. The summed E-state index contributed by atoms with van der Waals surface area (Å²) in [6.45, 7) is 0. The molecule has 0 fully saturated rings. The Morgan fingerprint density at radius 1 is 1.00 bits per heavy atom. The molecule has 4 aromatic rings. The van der Waals surface area contributed by atoms with Crippen LogP contribution in [0.15, 0.2) is 47.3 Å².